The molecule has 18 heteroatoms. The molecule has 2 aliphatic heterocycles. The van der Waals surface area contributed by atoms with Gasteiger partial charge in [0.05, 0.1) is 35.0 Å². The Kier molecular flexibility index (Phi) is 10.8. The van der Waals surface area contributed by atoms with Crippen LogP contribution in [0.25, 0.3) is 5.00 Å². The summed E-state index contributed by atoms with van der Waals surface area (Å²) in [4.78, 5) is 33.1. The van der Waals surface area contributed by atoms with E-state index in [4.69, 9.17) is 26.1 Å². The highest BCUT2D eigenvalue weighted by molar-refractivity contribution is 7.15. The van der Waals surface area contributed by atoms with Gasteiger partial charge in [-0.1, -0.05) is 39.3 Å². The number of anilines is 1. The van der Waals surface area contributed by atoms with E-state index in [1.165, 1.54) is 15.2 Å². The van der Waals surface area contributed by atoms with Crippen LogP contribution in [0.3, 0.4) is 0 Å². The van der Waals surface area contributed by atoms with E-state index in [-0.39, 0.29) is 46.4 Å². The number of thiophene rings is 1. The topological polar surface area (TPSA) is 187 Å². The Balaban J connectivity index is 0.741. The highest BCUT2D eigenvalue weighted by Crippen LogP contribution is 2.56. The number of rotatable bonds is 10. The number of nitrogens with one attached hydrogen (secondary N) is 1. The van der Waals surface area contributed by atoms with Gasteiger partial charge in [-0.15, -0.1) is 31.7 Å². The van der Waals surface area contributed by atoms with Gasteiger partial charge < -0.3 is 19.7 Å². The molecule has 1 saturated heterocycles. The fraction of sp³-hybridized carbons (Fsp3) is 0.458. The minimum Gasteiger partial charge on any atom is -0.490 e. The van der Waals surface area contributed by atoms with Crippen molar-refractivity contribution in [1.29, 1.82) is 5.26 Å². The number of nitriles is 1. The number of tetrazole rings is 1. The molecule has 0 bridgehead atoms. The lowest BCUT2D eigenvalue weighted by molar-refractivity contribution is -0.164. The van der Waals surface area contributed by atoms with Crippen LogP contribution in [0.1, 0.15) is 114 Å². The number of halogens is 1. The number of amides is 1. The molecule has 4 aliphatic rings. The normalized spacial score (nSPS) is 21.4. The van der Waals surface area contributed by atoms with E-state index in [1.54, 1.807) is 49.0 Å². The zero-order valence-corrected chi connectivity index (χ0v) is 39.9. The molecule has 66 heavy (non-hydrogen) atoms. The number of fused-ring (bicyclic) bond motifs is 3. The summed E-state index contributed by atoms with van der Waals surface area (Å²) in [5, 5.41) is 35.7. The first kappa shape index (κ1) is 43.6. The monoisotopic (exact) mass is 925 g/mol. The molecule has 0 radical (unpaired) electrons. The van der Waals surface area contributed by atoms with Crippen molar-refractivity contribution in [3.8, 4) is 22.6 Å². The third-order valence-corrected chi connectivity index (χ3v) is 15.9. The van der Waals surface area contributed by atoms with Gasteiger partial charge in [-0.25, -0.2) is 9.97 Å². The second-order valence-corrected chi connectivity index (χ2v) is 21.1. The molecule has 4 aromatic heterocycles. The lowest BCUT2D eigenvalue weighted by atomic mass is 9.49. The summed E-state index contributed by atoms with van der Waals surface area (Å²) in [6.07, 6.45) is 7.71. The Morgan fingerprint density at radius 1 is 0.955 bits per heavy atom. The molecule has 2 aliphatic carbocycles. The quantitative estimate of drug-likeness (QED) is 0.142. The van der Waals surface area contributed by atoms with Crippen LogP contribution in [0.15, 0.2) is 59.9 Å². The van der Waals surface area contributed by atoms with E-state index >= 15 is 0 Å². The van der Waals surface area contributed by atoms with Crippen LogP contribution in [0.4, 0.5) is 5.95 Å². The molecule has 2 aromatic carbocycles. The number of carbonyl (C=O) groups excluding carboxylic acids is 1. The minimum absolute atomic E-state index is 0.151. The van der Waals surface area contributed by atoms with Crippen molar-refractivity contribution >= 4 is 40.5 Å². The lowest BCUT2D eigenvalue weighted by Gasteiger charge is -2.63. The third-order valence-electron chi connectivity index (χ3n) is 14.4. The van der Waals surface area contributed by atoms with Crippen molar-refractivity contribution in [2.45, 2.75) is 105 Å². The molecule has 6 aromatic rings. The van der Waals surface area contributed by atoms with E-state index in [1.807, 2.05) is 6.92 Å². The number of hydrogen-bond donors (Lipinski definition) is 1. The molecule has 0 unspecified atom stereocenters. The van der Waals surface area contributed by atoms with Gasteiger partial charge in [0, 0.05) is 70.8 Å². The fourth-order valence-corrected chi connectivity index (χ4v) is 12.4. The number of hydrogen-bond acceptors (Lipinski definition) is 14. The zero-order chi connectivity index (χ0) is 46.3. The van der Waals surface area contributed by atoms with Crippen LogP contribution < -0.4 is 19.7 Å². The van der Waals surface area contributed by atoms with Gasteiger partial charge in [0.15, 0.2) is 11.6 Å². The van der Waals surface area contributed by atoms with E-state index in [0.29, 0.717) is 40.1 Å². The lowest BCUT2D eigenvalue weighted by Crippen LogP contribution is -2.74. The Morgan fingerprint density at radius 2 is 1.65 bits per heavy atom. The Labute approximate surface area is 392 Å². The summed E-state index contributed by atoms with van der Waals surface area (Å²) in [5.74, 6) is 4.03. The summed E-state index contributed by atoms with van der Waals surface area (Å²) >= 11 is 8.00. The van der Waals surface area contributed by atoms with Crippen LogP contribution in [0.5, 0.6) is 11.5 Å². The number of carbonyl (C=O) groups is 1. The number of nitrogens with zero attached hydrogens (tertiary/aromatic N) is 12. The molecule has 3 fully saturated rings. The van der Waals surface area contributed by atoms with Gasteiger partial charge in [-0.3, -0.25) is 14.4 Å². The average molecular weight is 927 g/mol. The van der Waals surface area contributed by atoms with Crippen LogP contribution in [0, 0.1) is 48.3 Å². The largest absolute Gasteiger partial charge is 0.490 e. The fourth-order valence-electron chi connectivity index (χ4n) is 11.0. The van der Waals surface area contributed by atoms with E-state index in [9.17, 15) is 10.1 Å². The van der Waals surface area contributed by atoms with Crippen molar-refractivity contribution in [3.63, 3.8) is 0 Å². The number of aryl methyl sites for hydroxylation is 3. The van der Waals surface area contributed by atoms with Gasteiger partial charge in [0.1, 0.15) is 40.5 Å². The molecular formula is C48H52ClN13O3S. The molecule has 340 valence electrons. The first-order valence-electron chi connectivity index (χ1n) is 22.4. The van der Waals surface area contributed by atoms with Crippen molar-refractivity contribution in [2.75, 3.05) is 18.0 Å². The number of piperidine rings is 1. The second kappa shape index (κ2) is 16.3. The number of benzene rings is 2. The molecule has 6 heterocycles. The molecule has 1 atom stereocenters. The average Bonchev–Trinajstić information content (AvgIpc) is 3.95. The predicted molar refractivity (Wildman–Crippen MR) is 250 cm³/mol. The molecule has 1 N–H and O–H groups in total. The van der Waals surface area contributed by atoms with E-state index < -0.39 is 0 Å². The van der Waals surface area contributed by atoms with Gasteiger partial charge in [0.25, 0.3) is 5.91 Å². The highest BCUT2D eigenvalue weighted by atomic mass is 35.5. The smallest absolute Gasteiger partial charge is 0.254 e. The maximum Gasteiger partial charge on any atom is 0.254 e. The maximum atomic E-state index is 13.5. The van der Waals surface area contributed by atoms with Gasteiger partial charge in [-0.05, 0) is 99.0 Å². The molecule has 1 amide bonds. The summed E-state index contributed by atoms with van der Waals surface area (Å²) in [6, 6.07) is 15.0. The third kappa shape index (κ3) is 7.57. The summed E-state index contributed by atoms with van der Waals surface area (Å²) < 4.78 is 15.1. The molecular weight excluding hydrogens is 874 g/mol. The van der Waals surface area contributed by atoms with Crippen molar-refractivity contribution in [1.82, 2.24) is 50.3 Å². The van der Waals surface area contributed by atoms with Crippen molar-refractivity contribution in [3.05, 3.63) is 110 Å². The number of aliphatic imine (C=N–C) groups is 1. The van der Waals surface area contributed by atoms with E-state index in [2.05, 4.69) is 122 Å². The molecule has 1 spiro atoms. The molecule has 2 saturated carbocycles. The zero-order valence-electron chi connectivity index (χ0n) is 38.3. The summed E-state index contributed by atoms with van der Waals surface area (Å²) in [6.45, 7) is 16.3. The van der Waals surface area contributed by atoms with Crippen LogP contribution in [-0.4, -0.2) is 87.9 Å². The van der Waals surface area contributed by atoms with Crippen molar-refractivity contribution < 1.29 is 14.3 Å². The Hall–Kier alpha value is -6.25. The minimum atomic E-state index is -0.383. The van der Waals surface area contributed by atoms with Crippen molar-refractivity contribution in [2.24, 2.45) is 28.3 Å². The predicted octanol–water partition coefficient (Wildman–Crippen LogP) is 7.67. The number of ether oxygens (including phenoxy) is 2. The first-order valence-corrected chi connectivity index (χ1v) is 23.6. The standard InChI is InChI=1S/C48H52ClN13O3S/c1-26-27(2)66-42-38(26)39(53-36(20-37-56-59-60(8)58-37)40-57-55-28(3)62(40)42)29-9-12-32(13-10-29)64-34-21-48(22-34)15-17-61(18-16-48)45-51-24-31(25-52-45)41(63)54-43-46(4,5)44(47(43,6)7)65-33-14-11-30(23-50)35(49)19-33/h9-14,19,24-25,34,36,43-44H,15-18,20-22H2,1-8H3,(H,54,63)/t36-,43?,44?/m0/s1. The van der Waals surface area contributed by atoms with Crippen LogP contribution in [0.2, 0.25) is 5.02 Å². The summed E-state index contributed by atoms with van der Waals surface area (Å²) in [5.41, 5.74) is 4.48. The second-order valence-electron chi connectivity index (χ2n) is 19.5. The van der Waals surface area contributed by atoms with Gasteiger partial charge in [0.2, 0.25) is 5.95 Å². The first-order chi connectivity index (χ1) is 31.5. The van der Waals surface area contributed by atoms with Gasteiger partial charge >= 0.3 is 0 Å². The highest BCUT2D eigenvalue weighted by Gasteiger charge is 2.64. The Morgan fingerprint density at radius 3 is 2.30 bits per heavy atom. The summed E-state index contributed by atoms with van der Waals surface area (Å²) in [7, 11) is 1.76. The molecule has 10 rings (SSSR count). The Bertz CT molecular complexity index is 2900. The SMILES string of the molecule is Cc1sc2c(c1C)C(c1ccc(OC3CC4(CCN(c5ncc(C(=O)NC6C(C)(C)C(Oc7ccc(C#N)c(Cl)c7)C6(C)C)cn5)CC4)C3)cc1)=N[C@@H](Cc1nnn(C)n1)c1nnc(C)n1-2. The molecule has 16 nitrogen and oxygen atoms in total. The van der Waals surface area contributed by atoms with E-state index in [0.717, 1.165) is 78.0 Å². The van der Waals surface area contributed by atoms with Crippen LogP contribution >= 0.6 is 22.9 Å². The van der Waals surface area contributed by atoms with Gasteiger partial charge in [-0.2, -0.15) is 10.1 Å². The number of aromatic nitrogens is 9. The van der Waals surface area contributed by atoms with Crippen LogP contribution in [-0.2, 0) is 13.5 Å². The maximum absolute atomic E-state index is 13.5.